The quantitative estimate of drug-likeness (QED) is 0.504. The molecule has 0 amide bonds. The number of aromatic amines is 1. The minimum absolute atomic E-state index is 0. The molecule has 0 bridgehead atoms. The molecule has 0 radical (unpaired) electrons. The van der Waals surface area contributed by atoms with E-state index in [2.05, 4.69) is 15.4 Å². The van der Waals surface area contributed by atoms with Gasteiger partial charge in [0.15, 0.2) is 0 Å². The molecule has 1 heterocycles. The molecule has 2 rings (SSSR count). The monoisotopic (exact) mass is 223 g/mol. The molecule has 1 aromatic heterocycles. The summed E-state index contributed by atoms with van der Waals surface area (Å²) in [6.45, 7) is 0. The molecule has 0 spiro atoms. The topological polar surface area (TPSA) is 95.9 Å². The molecular weight excluding hydrogens is 217 g/mol. The van der Waals surface area contributed by atoms with Crippen molar-refractivity contribution in [3.8, 4) is 0 Å². The van der Waals surface area contributed by atoms with E-state index in [1.165, 1.54) is 18.2 Å². The van der Waals surface area contributed by atoms with Crippen LogP contribution in [-0.4, -0.2) is 57.9 Å². The summed E-state index contributed by atoms with van der Waals surface area (Å²) in [7, 11) is -4.15. The molecule has 0 atom stereocenters. The summed E-state index contributed by atoms with van der Waals surface area (Å²) < 4.78 is 30.1. The molecule has 0 fully saturated rings. The van der Waals surface area contributed by atoms with Crippen LogP contribution in [0.15, 0.2) is 23.1 Å². The summed E-state index contributed by atoms with van der Waals surface area (Å²) in [5.74, 6) is 0. The van der Waals surface area contributed by atoms with E-state index in [9.17, 15) is 8.42 Å². The van der Waals surface area contributed by atoms with E-state index in [1.807, 2.05) is 0 Å². The van der Waals surface area contributed by atoms with E-state index in [-0.39, 0.29) is 34.5 Å². The number of hydrogen-bond donors (Lipinski definition) is 2. The van der Waals surface area contributed by atoms with E-state index in [1.54, 1.807) is 0 Å². The van der Waals surface area contributed by atoms with Crippen LogP contribution >= 0.6 is 0 Å². The van der Waals surface area contributed by atoms with E-state index in [0.717, 1.165) is 0 Å². The third kappa shape index (κ3) is 2.12. The fourth-order valence-corrected chi connectivity index (χ4v) is 1.48. The first-order valence-corrected chi connectivity index (χ1v) is 4.80. The van der Waals surface area contributed by atoms with Gasteiger partial charge >= 0.3 is 29.6 Å². The summed E-state index contributed by atoms with van der Waals surface area (Å²) in [4.78, 5) is -0.186. The Balaban J connectivity index is 0.000000980. The van der Waals surface area contributed by atoms with Crippen LogP contribution < -0.4 is 0 Å². The predicted octanol–water partition coefficient (Wildman–Crippen LogP) is -0.444. The molecule has 0 saturated carbocycles. The predicted molar refractivity (Wildman–Crippen MR) is 50.9 cm³/mol. The Labute approximate surface area is 102 Å². The van der Waals surface area contributed by atoms with Crippen LogP contribution in [0.4, 0.5) is 0 Å². The van der Waals surface area contributed by atoms with E-state index in [4.69, 9.17) is 4.55 Å². The average Bonchev–Trinajstić information content (AvgIpc) is 2.47. The molecule has 0 unspecified atom stereocenters. The van der Waals surface area contributed by atoms with Crippen molar-refractivity contribution < 1.29 is 13.0 Å². The minimum atomic E-state index is -4.15. The van der Waals surface area contributed by atoms with Crippen molar-refractivity contribution >= 4 is 50.7 Å². The summed E-state index contributed by atoms with van der Waals surface area (Å²) in [6, 6.07) is 4.00. The average molecular weight is 223 g/mol. The third-order valence-corrected chi connectivity index (χ3v) is 2.44. The number of benzene rings is 1. The van der Waals surface area contributed by atoms with Gasteiger partial charge in [-0.15, -0.1) is 5.10 Å². The van der Waals surface area contributed by atoms with E-state index >= 15 is 0 Å². The second kappa shape index (κ2) is 3.95. The zero-order valence-corrected chi connectivity index (χ0v) is 7.11. The molecule has 1 aromatic carbocycles. The first-order chi connectivity index (χ1) is 6.07. The molecule has 14 heavy (non-hydrogen) atoms. The summed E-state index contributed by atoms with van der Waals surface area (Å²) in [6.07, 6.45) is 0. The van der Waals surface area contributed by atoms with Crippen LogP contribution in [0.1, 0.15) is 0 Å². The van der Waals surface area contributed by atoms with Crippen molar-refractivity contribution in [3.05, 3.63) is 18.2 Å². The van der Waals surface area contributed by atoms with Crippen molar-refractivity contribution in [2.75, 3.05) is 0 Å². The Morgan fingerprint density at radius 3 is 2.71 bits per heavy atom. The number of H-pyrrole nitrogens is 1. The van der Waals surface area contributed by atoms with Crippen molar-refractivity contribution in [3.63, 3.8) is 0 Å². The zero-order chi connectivity index (χ0) is 9.47. The Morgan fingerprint density at radius 1 is 1.36 bits per heavy atom. The SMILES string of the molecule is O=S(=O)(O)c1ccc2[nH]nnc2c1.[NaH]. The van der Waals surface area contributed by atoms with Crippen molar-refractivity contribution in [2.24, 2.45) is 0 Å². The van der Waals surface area contributed by atoms with Gasteiger partial charge in [-0.05, 0) is 18.2 Å². The number of nitrogens with zero attached hydrogens (tertiary/aromatic N) is 2. The number of hydrogen-bond acceptors (Lipinski definition) is 4. The third-order valence-electron chi connectivity index (χ3n) is 1.60. The number of fused-ring (bicyclic) bond motifs is 1. The van der Waals surface area contributed by atoms with Gasteiger partial charge in [-0.25, -0.2) is 0 Å². The van der Waals surface area contributed by atoms with Crippen molar-refractivity contribution in [1.82, 2.24) is 15.4 Å². The summed E-state index contributed by atoms with van der Waals surface area (Å²) >= 11 is 0. The summed E-state index contributed by atoms with van der Waals surface area (Å²) in [5, 5.41) is 9.65. The van der Waals surface area contributed by atoms with Crippen molar-refractivity contribution in [2.45, 2.75) is 4.90 Å². The van der Waals surface area contributed by atoms with Gasteiger partial charge in [0, 0.05) is 0 Å². The standard InChI is InChI=1S/C6H5N3O3S.Na.H/c10-13(11,12)4-1-2-5-6(3-4)8-9-7-5;;/h1-3H,(H,7,8,9)(H,10,11,12);;. The van der Waals surface area contributed by atoms with Gasteiger partial charge in [-0.2, -0.15) is 8.42 Å². The zero-order valence-electron chi connectivity index (χ0n) is 6.30. The molecule has 0 aliphatic heterocycles. The van der Waals surface area contributed by atoms with Gasteiger partial charge in [0.25, 0.3) is 10.1 Å². The van der Waals surface area contributed by atoms with Gasteiger partial charge in [-0.1, -0.05) is 5.21 Å². The van der Waals surface area contributed by atoms with Crippen molar-refractivity contribution in [1.29, 1.82) is 0 Å². The Kier molecular flexibility index (Phi) is 3.28. The van der Waals surface area contributed by atoms with Gasteiger partial charge in [0.1, 0.15) is 5.52 Å². The molecular formula is C6H6N3NaO3S. The number of aromatic nitrogens is 3. The second-order valence-electron chi connectivity index (χ2n) is 2.47. The van der Waals surface area contributed by atoms with E-state index < -0.39 is 10.1 Å². The second-order valence-corrected chi connectivity index (χ2v) is 3.89. The van der Waals surface area contributed by atoms with Gasteiger partial charge in [0.05, 0.1) is 10.4 Å². The molecule has 2 aromatic rings. The Bertz CT molecular complexity index is 550. The molecule has 6 nitrogen and oxygen atoms in total. The van der Waals surface area contributed by atoms with Gasteiger partial charge in [0.2, 0.25) is 0 Å². The van der Waals surface area contributed by atoms with Gasteiger partial charge < -0.3 is 0 Å². The van der Waals surface area contributed by atoms with Crippen LogP contribution in [0.2, 0.25) is 0 Å². The Morgan fingerprint density at radius 2 is 2.07 bits per heavy atom. The fraction of sp³-hybridized carbons (Fsp3) is 0. The molecule has 0 aliphatic carbocycles. The van der Waals surface area contributed by atoms with Crippen LogP contribution in [0.25, 0.3) is 11.0 Å². The number of nitrogens with one attached hydrogen (secondary N) is 1. The van der Waals surface area contributed by atoms with Crippen LogP contribution in [-0.2, 0) is 10.1 Å². The molecule has 70 valence electrons. The first kappa shape index (κ1) is 11.6. The van der Waals surface area contributed by atoms with Gasteiger partial charge in [-0.3, -0.25) is 9.65 Å². The first-order valence-electron chi connectivity index (χ1n) is 3.36. The molecule has 0 aliphatic rings. The van der Waals surface area contributed by atoms with Crippen LogP contribution in [0.5, 0.6) is 0 Å². The normalized spacial score (nSPS) is 11.2. The maximum absolute atomic E-state index is 10.7. The van der Waals surface area contributed by atoms with Crippen LogP contribution in [0.3, 0.4) is 0 Å². The summed E-state index contributed by atoms with van der Waals surface area (Å²) in [5.41, 5.74) is 1.02. The maximum atomic E-state index is 10.7. The molecule has 8 heteroatoms. The molecule has 0 saturated heterocycles. The fourth-order valence-electron chi connectivity index (χ4n) is 0.982. The van der Waals surface area contributed by atoms with Crippen LogP contribution in [0, 0.1) is 0 Å². The Hall–Kier alpha value is -0.470. The molecule has 2 N–H and O–H groups in total. The number of rotatable bonds is 1. The van der Waals surface area contributed by atoms with E-state index in [0.29, 0.717) is 11.0 Å².